The van der Waals surface area contributed by atoms with Crippen LogP contribution >= 0.6 is 11.8 Å². The second-order valence-electron chi connectivity index (χ2n) is 8.72. The van der Waals surface area contributed by atoms with Gasteiger partial charge in [-0.2, -0.15) is 10.1 Å². The summed E-state index contributed by atoms with van der Waals surface area (Å²) < 4.78 is 56.7. The highest BCUT2D eigenvalue weighted by atomic mass is 32.2. The third-order valence-electron chi connectivity index (χ3n) is 5.67. The Kier molecular flexibility index (Phi) is 8.01. The van der Waals surface area contributed by atoms with Gasteiger partial charge >= 0.3 is 12.4 Å². The Morgan fingerprint density at radius 3 is 2.55 bits per heavy atom. The summed E-state index contributed by atoms with van der Waals surface area (Å²) in [5.41, 5.74) is 4.79. The van der Waals surface area contributed by atoms with Crippen molar-refractivity contribution in [3.8, 4) is 22.8 Å². The molecule has 0 aliphatic carbocycles. The topological polar surface area (TPSA) is 114 Å². The maximum atomic E-state index is 14.3. The van der Waals surface area contributed by atoms with Gasteiger partial charge in [-0.15, -0.1) is 18.3 Å². The van der Waals surface area contributed by atoms with Crippen LogP contribution in [0.5, 0.6) is 5.75 Å². The minimum Gasteiger partial charge on any atom is -0.406 e. The van der Waals surface area contributed by atoms with Gasteiger partial charge in [0.15, 0.2) is 11.0 Å². The van der Waals surface area contributed by atoms with Crippen molar-refractivity contribution in [3.05, 3.63) is 90.0 Å². The lowest BCUT2D eigenvalue weighted by Crippen LogP contribution is -2.31. The van der Waals surface area contributed by atoms with E-state index in [4.69, 9.17) is 0 Å². The number of rotatable bonds is 6. The second-order valence-corrected chi connectivity index (χ2v) is 9.66. The average Bonchev–Trinajstić information content (AvgIpc) is 3.57. The van der Waals surface area contributed by atoms with Crippen molar-refractivity contribution in [1.29, 1.82) is 0 Å². The zero-order chi connectivity index (χ0) is 29.9. The molecule has 0 radical (unpaired) electrons. The molecule has 42 heavy (non-hydrogen) atoms. The normalized spacial score (nSPS) is 14.6. The molecule has 214 valence electrons. The van der Waals surface area contributed by atoms with Gasteiger partial charge in [0.1, 0.15) is 17.9 Å². The van der Waals surface area contributed by atoms with Gasteiger partial charge < -0.3 is 4.74 Å². The summed E-state index contributed by atoms with van der Waals surface area (Å²) in [4.78, 5) is 33.8. The second kappa shape index (κ2) is 11.8. The average molecular weight is 598 g/mol. The van der Waals surface area contributed by atoms with Gasteiger partial charge in [-0.25, -0.2) is 24.3 Å². The molecule has 0 bridgehead atoms. The van der Waals surface area contributed by atoms with Crippen LogP contribution in [-0.4, -0.2) is 50.2 Å². The Bertz CT molecular complexity index is 1690. The first-order chi connectivity index (χ1) is 20.1. The van der Waals surface area contributed by atoms with Gasteiger partial charge in [0.05, 0.1) is 23.3 Å². The van der Waals surface area contributed by atoms with E-state index in [1.165, 1.54) is 53.6 Å². The molecule has 1 aliphatic rings. The summed E-state index contributed by atoms with van der Waals surface area (Å²) >= 11 is 1.02. The molecule has 1 aromatic heterocycles. The molecule has 3 aromatic carbocycles. The van der Waals surface area contributed by atoms with E-state index in [0.29, 0.717) is 22.6 Å². The van der Waals surface area contributed by atoms with Crippen LogP contribution in [0.25, 0.3) is 17.1 Å². The zero-order valence-electron chi connectivity index (χ0n) is 21.5. The number of aliphatic imine (C=N–C) groups is 1. The number of halogens is 4. The molecule has 1 N–H and O–H groups in total. The summed E-state index contributed by atoms with van der Waals surface area (Å²) in [6.07, 6.45) is -1.98. The van der Waals surface area contributed by atoms with E-state index in [1.807, 2.05) is 0 Å². The first kappa shape index (κ1) is 28.5. The molecular formula is C27H19F4N7O3S. The number of hydrogen-bond donors (Lipinski definition) is 1. The largest absolute Gasteiger partial charge is 0.573 e. The van der Waals surface area contributed by atoms with Crippen molar-refractivity contribution >= 4 is 40.8 Å². The molecule has 0 saturated carbocycles. The van der Waals surface area contributed by atoms with Gasteiger partial charge in [-0.1, -0.05) is 42.1 Å². The fraction of sp³-hybridized carbons (Fsp3) is 0.111. The number of alkyl halides is 3. The van der Waals surface area contributed by atoms with E-state index < -0.39 is 24.1 Å². The first-order valence-corrected chi connectivity index (χ1v) is 13.1. The van der Waals surface area contributed by atoms with E-state index in [-0.39, 0.29) is 22.4 Å². The minimum atomic E-state index is -4.78. The number of urea groups is 1. The SMILES string of the molecule is Cc1ccc(F)c(N2C(=O)CS/C2=N\C(=O)N/N=C/c2ccc(-c3ncn(-c4ccc(OC(F)(F)F)cc4)n3)cc2)c1. The summed E-state index contributed by atoms with van der Waals surface area (Å²) in [5, 5.41) is 8.26. The third kappa shape index (κ3) is 6.80. The molecule has 4 aromatic rings. The molecule has 1 saturated heterocycles. The number of carbonyl (C=O) groups excluding carboxylic acids is 2. The molecule has 5 rings (SSSR count). The van der Waals surface area contributed by atoms with E-state index in [0.717, 1.165) is 22.2 Å². The number of carbonyl (C=O) groups is 2. The van der Waals surface area contributed by atoms with E-state index in [2.05, 4.69) is 30.3 Å². The lowest BCUT2D eigenvalue weighted by molar-refractivity contribution is -0.274. The summed E-state index contributed by atoms with van der Waals surface area (Å²) in [6, 6.07) is 15.5. The van der Waals surface area contributed by atoms with Crippen LogP contribution < -0.4 is 15.1 Å². The van der Waals surface area contributed by atoms with Crippen LogP contribution in [0.3, 0.4) is 0 Å². The van der Waals surface area contributed by atoms with E-state index in [1.54, 1.807) is 37.3 Å². The fourth-order valence-electron chi connectivity index (χ4n) is 3.79. The first-order valence-electron chi connectivity index (χ1n) is 12.1. The van der Waals surface area contributed by atoms with Crippen LogP contribution in [0.2, 0.25) is 0 Å². The highest BCUT2D eigenvalue weighted by molar-refractivity contribution is 8.15. The number of hydrazone groups is 1. The van der Waals surface area contributed by atoms with Gasteiger partial charge in [0.25, 0.3) is 0 Å². The fourth-order valence-corrected chi connectivity index (χ4v) is 4.65. The maximum absolute atomic E-state index is 14.3. The summed E-state index contributed by atoms with van der Waals surface area (Å²) in [6.45, 7) is 1.76. The Labute approximate surface area is 239 Å². The number of aryl methyl sites for hydroxylation is 1. The van der Waals surface area contributed by atoms with Crippen molar-refractivity contribution in [3.63, 3.8) is 0 Å². The van der Waals surface area contributed by atoms with E-state index in [9.17, 15) is 27.2 Å². The van der Waals surface area contributed by atoms with Crippen molar-refractivity contribution in [2.24, 2.45) is 10.1 Å². The maximum Gasteiger partial charge on any atom is 0.573 e. The van der Waals surface area contributed by atoms with Crippen molar-refractivity contribution in [2.75, 3.05) is 10.7 Å². The van der Waals surface area contributed by atoms with E-state index >= 15 is 0 Å². The monoisotopic (exact) mass is 597 g/mol. The predicted molar refractivity (Wildman–Crippen MR) is 148 cm³/mol. The number of benzene rings is 3. The standard InChI is InChI=1S/C27H19F4N7O3S/c1-16-2-11-21(28)22(12-16)38-23(39)14-42-26(38)34-25(40)35-33-13-17-3-5-18(6-4-17)24-32-15-37(36-24)19-7-9-20(10-8-19)41-27(29,30)31/h2-13,15H,14H2,1H3,(H,35,40)/b33-13+,34-26-. The van der Waals surface area contributed by atoms with Crippen LogP contribution in [0.4, 0.5) is 28.0 Å². The summed E-state index contributed by atoms with van der Waals surface area (Å²) in [7, 11) is 0. The van der Waals surface area contributed by atoms with Gasteiger partial charge in [-0.3, -0.25) is 9.69 Å². The molecule has 1 aliphatic heterocycles. The summed E-state index contributed by atoms with van der Waals surface area (Å²) in [5.74, 6) is -0.962. The Morgan fingerprint density at radius 1 is 1.10 bits per heavy atom. The van der Waals surface area contributed by atoms with Crippen LogP contribution in [-0.2, 0) is 4.79 Å². The number of hydrogen-bond acceptors (Lipinski definition) is 7. The molecule has 0 spiro atoms. The van der Waals surface area contributed by atoms with Gasteiger partial charge in [-0.05, 0) is 54.4 Å². The molecule has 1 fully saturated rings. The number of aromatic nitrogens is 3. The van der Waals surface area contributed by atoms with Gasteiger partial charge in [0, 0.05) is 5.56 Å². The lowest BCUT2D eigenvalue weighted by Gasteiger charge is -2.17. The number of anilines is 1. The van der Waals surface area contributed by atoms with Crippen molar-refractivity contribution in [2.45, 2.75) is 13.3 Å². The Morgan fingerprint density at radius 2 is 1.83 bits per heavy atom. The quantitative estimate of drug-likeness (QED) is 0.179. The zero-order valence-corrected chi connectivity index (χ0v) is 22.4. The number of ether oxygens (including phenoxy) is 1. The van der Waals surface area contributed by atoms with Gasteiger partial charge in [0.2, 0.25) is 5.91 Å². The van der Waals surface area contributed by atoms with Crippen molar-refractivity contribution in [1.82, 2.24) is 20.2 Å². The Balaban J connectivity index is 1.20. The highest BCUT2D eigenvalue weighted by Crippen LogP contribution is 2.30. The molecule has 3 amide bonds. The number of amides is 3. The number of amidine groups is 1. The number of nitrogens with zero attached hydrogens (tertiary/aromatic N) is 6. The van der Waals surface area contributed by atoms with Crippen molar-refractivity contribution < 1.29 is 31.9 Å². The van der Waals surface area contributed by atoms with Crippen LogP contribution in [0, 0.1) is 12.7 Å². The Hall–Kier alpha value is -5.05. The highest BCUT2D eigenvalue weighted by Gasteiger charge is 2.32. The smallest absolute Gasteiger partial charge is 0.406 e. The molecule has 0 unspecified atom stereocenters. The molecular weight excluding hydrogens is 578 g/mol. The van der Waals surface area contributed by atoms with Crippen LogP contribution in [0.15, 0.2) is 83.2 Å². The molecule has 15 heteroatoms. The lowest BCUT2D eigenvalue weighted by atomic mass is 10.1. The molecule has 10 nitrogen and oxygen atoms in total. The minimum absolute atomic E-state index is 0.0193. The predicted octanol–water partition coefficient (Wildman–Crippen LogP) is 5.46. The third-order valence-corrected chi connectivity index (χ3v) is 6.60. The number of thioether (sulfide) groups is 1. The van der Waals surface area contributed by atoms with Crippen LogP contribution in [0.1, 0.15) is 11.1 Å². The molecule has 2 heterocycles. The number of nitrogens with one attached hydrogen (secondary N) is 1. The molecule has 0 atom stereocenters.